The maximum absolute atomic E-state index is 13.5. The third-order valence-electron chi connectivity index (χ3n) is 9.60. The van der Waals surface area contributed by atoms with Crippen LogP contribution in [0.25, 0.3) is 0 Å². The molecule has 2 fully saturated rings. The minimum atomic E-state index is -1.79. The molecule has 8 nitrogen and oxygen atoms in total. The van der Waals surface area contributed by atoms with Gasteiger partial charge in [-0.25, -0.2) is 14.4 Å². The number of cyclic esters (lactones) is 1. The van der Waals surface area contributed by atoms with Crippen molar-refractivity contribution in [2.45, 2.75) is 57.5 Å². The van der Waals surface area contributed by atoms with Gasteiger partial charge in [-0.15, -0.1) is 0 Å². The van der Waals surface area contributed by atoms with Gasteiger partial charge in [0.15, 0.2) is 12.2 Å². The van der Waals surface area contributed by atoms with Crippen LogP contribution in [0.4, 0.5) is 0 Å². The second kappa shape index (κ2) is 11.0. The van der Waals surface area contributed by atoms with Gasteiger partial charge in [0.2, 0.25) is 0 Å². The minimum Gasteiger partial charge on any atom is -0.458 e. The number of rotatable bonds is 6. The molecule has 0 radical (unpaired) electrons. The highest BCUT2D eigenvalue weighted by atomic mass is 16.6. The van der Waals surface area contributed by atoms with E-state index in [0.717, 1.165) is 0 Å². The van der Waals surface area contributed by atoms with Crippen molar-refractivity contribution in [3.05, 3.63) is 108 Å². The monoisotopic (exact) mass is 572 g/mol. The molecule has 1 heterocycles. The van der Waals surface area contributed by atoms with Crippen LogP contribution in [0, 0.1) is 16.7 Å². The van der Waals surface area contributed by atoms with E-state index in [1.165, 1.54) is 6.08 Å². The average molecular weight is 573 g/mol. The number of carbonyl (C=O) groups is 3. The Bertz CT molecular complexity index is 1440. The largest absolute Gasteiger partial charge is 0.458 e. The van der Waals surface area contributed by atoms with Crippen molar-refractivity contribution >= 4 is 17.9 Å². The van der Waals surface area contributed by atoms with Crippen LogP contribution < -0.4 is 0 Å². The lowest BCUT2D eigenvalue weighted by atomic mass is 9.43. The first-order valence-corrected chi connectivity index (χ1v) is 14.1. The summed E-state index contributed by atoms with van der Waals surface area (Å²) < 4.78 is 17.4. The Balaban J connectivity index is 1.66. The fourth-order valence-electron chi connectivity index (χ4n) is 6.88. The molecule has 1 aliphatic heterocycles. The summed E-state index contributed by atoms with van der Waals surface area (Å²) in [5.74, 6) is -2.21. The SMILES string of the molecule is C=C1C(O)CCC2C1(C)C(OC(=O)c1ccccc1)C(OC(=O)c1ccccc1)C(C)(O)C2(C)C=CC1=CC(=O)OC1. The van der Waals surface area contributed by atoms with E-state index >= 15 is 0 Å². The first-order chi connectivity index (χ1) is 19.9. The Kier molecular flexibility index (Phi) is 7.72. The Morgan fingerprint density at radius 3 is 2.00 bits per heavy atom. The third kappa shape index (κ3) is 4.88. The van der Waals surface area contributed by atoms with Crippen LogP contribution in [0.15, 0.2) is 96.6 Å². The van der Waals surface area contributed by atoms with Crippen molar-refractivity contribution in [1.82, 2.24) is 0 Å². The standard InChI is InChI=1S/C34H36O8/c1-21-25(35)15-16-26-32(2,18-17-22-19-27(36)40-20-22)34(4,39)29(42-31(38)24-13-9-6-10-14-24)28(33(21,26)3)41-30(37)23-11-7-5-8-12-23/h5-14,17-19,25-26,28-29,35,39H,1,15-16,20H2,2-4H3. The zero-order chi connectivity index (χ0) is 30.3. The summed E-state index contributed by atoms with van der Waals surface area (Å²) in [4.78, 5) is 38.7. The lowest BCUT2D eigenvalue weighted by Gasteiger charge is -2.65. The fraction of sp³-hybridized carbons (Fsp3) is 0.382. The zero-order valence-electron chi connectivity index (χ0n) is 24.0. The zero-order valence-corrected chi connectivity index (χ0v) is 24.0. The lowest BCUT2D eigenvalue weighted by Crippen LogP contribution is -2.73. The van der Waals surface area contributed by atoms with E-state index in [-0.39, 0.29) is 12.2 Å². The predicted molar refractivity (Wildman–Crippen MR) is 154 cm³/mol. The molecule has 3 aliphatic rings. The molecule has 0 spiro atoms. The molecule has 0 bridgehead atoms. The number of ether oxygens (including phenoxy) is 3. The second-order valence-corrected chi connectivity index (χ2v) is 11.9. The number of hydrogen-bond donors (Lipinski definition) is 2. The number of fused-ring (bicyclic) bond motifs is 1. The highest BCUT2D eigenvalue weighted by Gasteiger charge is 2.71. The van der Waals surface area contributed by atoms with Crippen LogP contribution in [0.5, 0.6) is 0 Å². The molecule has 7 atom stereocenters. The van der Waals surface area contributed by atoms with Crippen molar-refractivity contribution in [2.75, 3.05) is 6.61 Å². The van der Waals surface area contributed by atoms with Crippen LogP contribution in [0.3, 0.4) is 0 Å². The number of esters is 3. The Morgan fingerprint density at radius 1 is 0.929 bits per heavy atom. The molecular formula is C34H36O8. The predicted octanol–water partition coefficient (Wildman–Crippen LogP) is 4.58. The smallest absolute Gasteiger partial charge is 0.338 e. The summed E-state index contributed by atoms with van der Waals surface area (Å²) >= 11 is 0. The maximum Gasteiger partial charge on any atom is 0.338 e. The highest BCUT2D eigenvalue weighted by Crippen LogP contribution is 2.64. The Morgan fingerprint density at radius 2 is 1.48 bits per heavy atom. The van der Waals surface area contributed by atoms with Crippen LogP contribution >= 0.6 is 0 Å². The first kappa shape index (κ1) is 29.5. The summed E-state index contributed by atoms with van der Waals surface area (Å²) in [6.45, 7) is 9.62. The molecule has 2 aliphatic carbocycles. The van der Waals surface area contributed by atoms with E-state index in [1.54, 1.807) is 73.7 Å². The number of carbonyl (C=O) groups excluding carboxylic acids is 3. The van der Waals surface area contributed by atoms with Gasteiger partial charge in [-0.1, -0.05) is 69.0 Å². The molecular weight excluding hydrogens is 536 g/mol. The normalized spacial score (nSPS) is 34.4. The minimum absolute atomic E-state index is 0.102. The lowest BCUT2D eigenvalue weighted by molar-refractivity contribution is -0.256. The summed E-state index contributed by atoms with van der Waals surface area (Å²) in [5, 5.41) is 23.5. The van der Waals surface area contributed by atoms with Crippen LogP contribution in [-0.4, -0.2) is 58.6 Å². The highest BCUT2D eigenvalue weighted by molar-refractivity contribution is 5.90. The summed E-state index contributed by atoms with van der Waals surface area (Å²) in [6.07, 6.45) is 2.32. The average Bonchev–Trinajstić information content (AvgIpc) is 3.41. The van der Waals surface area contributed by atoms with Gasteiger partial charge in [-0.2, -0.15) is 0 Å². The summed E-state index contributed by atoms with van der Waals surface area (Å²) in [7, 11) is 0. The molecule has 2 N–H and O–H groups in total. The van der Waals surface area contributed by atoms with Gasteiger partial charge in [0.1, 0.15) is 12.2 Å². The van der Waals surface area contributed by atoms with Gasteiger partial charge in [0, 0.05) is 16.9 Å². The molecule has 220 valence electrons. The van der Waals surface area contributed by atoms with E-state index in [2.05, 4.69) is 6.58 Å². The van der Waals surface area contributed by atoms with Crippen molar-refractivity contribution in [2.24, 2.45) is 16.7 Å². The quantitative estimate of drug-likeness (QED) is 0.293. The number of benzene rings is 2. The Hall–Kier alpha value is -4.01. The molecule has 0 amide bonds. The maximum atomic E-state index is 13.5. The van der Waals surface area contributed by atoms with Crippen molar-refractivity contribution < 1.29 is 38.8 Å². The van der Waals surface area contributed by atoms with Crippen LogP contribution in [-0.2, 0) is 19.0 Å². The van der Waals surface area contributed by atoms with Gasteiger partial charge >= 0.3 is 17.9 Å². The second-order valence-electron chi connectivity index (χ2n) is 11.9. The van der Waals surface area contributed by atoms with E-state index in [4.69, 9.17) is 14.2 Å². The van der Waals surface area contributed by atoms with Gasteiger partial charge in [-0.05, 0) is 61.1 Å². The van der Waals surface area contributed by atoms with Gasteiger partial charge < -0.3 is 24.4 Å². The number of aliphatic hydroxyl groups excluding tert-OH is 1. The third-order valence-corrected chi connectivity index (χ3v) is 9.60. The molecule has 0 saturated heterocycles. The Labute approximate surface area is 245 Å². The van der Waals surface area contributed by atoms with Crippen LogP contribution in [0.1, 0.15) is 54.3 Å². The fourth-order valence-corrected chi connectivity index (χ4v) is 6.88. The molecule has 2 aromatic carbocycles. The summed E-state index contributed by atoms with van der Waals surface area (Å²) in [5.41, 5.74) is -2.40. The number of hydrogen-bond acceptors (Lipinski definition) is 8. The summed E-state index contributed by atoms with van der Waals surface area (Å²) in [6, 6.07) is 16.8. The molecule has 8 heteroatoms. The van der Waals surface area contributed by atoms with Gasteiger partial charge in [-0.3, -0.25) is 0 Å². The van der Waals surface area contributed by atoms with Gasteiger partial charge in [0.25, 0.3) is 0 Å². The molecule has 5 rings (SSSR count). The van der Waals surface area contributed by atoms with E-state index in [9.17, 15) is 24.6 Å². The van der Waals surface area contributed by atoms with E-state index in [1.807, 2.05) is 19.9 Å². The van der Waals surface area contributed by atoms with Crippen molar-refractivity contribution in [3.63, 3.8) is 0 Å². The molecule has 2 aromatic rings. The molecule has 7 unspecified atom stereocenters. The van der Waals surface area contributed by atoms with Gasteiger partial charge in [0.05, 0.1) is 17.2 Å². The first-order valence-electron chi connectivity index (χ1n) is 14.1. The molecule has 42 heavy (non-hydrogen) atoms. The number of aliphatic hydroxyl groups is 2. The van der Waals surface area contributed by atoms with Crippen LogP contribution in [0.2, 0.25) is 0 Å². The van der Waals surface area contributed by atoms with Crippen molar-refractivity contribution in [1.29, 1.82) is 0 Å². The topological polar surface area (TPSA) is 119 Å². The molecule has 0 aromatic heterocycles. The molecule has 2 saturated carbocycles. The van der Waals surface area contributed by atoms with E-state index < -0.39 is 58.6 Å². The van der Waals surface area contributed by atoms with E-state index in [0.29, 0.717) is 29.6 Å². The van der Waals surface area contributed by atoms with Crippen molar-refractivity contribution in [3.8, 4) is 0 Å².